The van der Waals surface area contributed by atoms with Gasteiger partial charge in [-0.3, -0.25) is 4.79 Å². The second-order valence-corrected chi connectivity index (χ2v) is 5.80. The number of rotatable bonds is 7. The van der Waals surface area contributed by atoms with E-state index >= 15 is 0 Å². The van der Waals surface area contributed by atoms with E-state index in [9.17, 15) is 4.79 Å². The number of carbonyl (C=O) groups excluding carboxylic acids is 1. The van der Waals surface area contributed by atoms with Crippen LogP contribution in [0.3, 0.4) is 0 Å². The number of carbonyl (C=O) groups is 1. The fraction of sp³-hybridized carbons (Fsp3) is 0.588. The molecule has 1 saturated heterocycles. The van der Waals surface area contributed by atoms with Crippen molar-refractivity contribution in [1.82, 2.24) is 15.5 Å². The van der Waals surface area contributed by atoms with Crippen LogP contribution in [0.4, 0.5) is 0 Å². The number of para-hydroxylation sites is 1. The first-order valence-corrected chi connectivity index (χ1v) is 8.05. The quantitative estimate of drug-likeness (QED) is 0.741. The van der Waals surface area contributed by atoms with Gasteiger partial charge in [-0.25, -0.2) is 0 Å². The molecule has 0 aliphatic carbocycles. The Labute approximate surface area is 133 Å². The maximum Gasteiger partial charge on any atom is 0.257 e. The molecule has 1 aliphatic heterocycles. The minimum Gasteiger partial charge on any atom is -0.483 e. The van der Waals surface area contributed by atoms with Crippen molar-refractivity contribution < 1.29 is 9.53 Å². The van der Waals surface area contributed by atoms with Crippen LogP contribution in [0.5, 0.6) is 5.75 Å². The van der Waals surface area contributed by atoms with E-state index in [1.165, 1.54) is 0 Å². The number of nitrogens with one attached hydrogen (secondary N) is 2. The molecule has 0 atom stereocenters. The first-order valence-electron chi connectivity index (χ1n) is 8.05. The predicted molar refractivity (Wildman–Crippen MR) is 88.3 cm³/mol. The van der Waals surface area contributed by atoms with Crippen molar-refractivity contribution in [2.45, 2.75) is 20.3 Å². The molecule has 0 radical (unpaired) electrons. The first-order chi connectivity index (χ1) is 10.7. The fourth-order valence-corrected chi connectivity index (χ4v) is 2.68. The molecule has 0 bridgehead atoms. The van der Waals surface area contributed by atoms with Crippen molar-refractivity contribution >= 4 is 5.91 Å². The number of amides is 1. The first kappa shape index (κ1) is 16.8. The highest BCUT2D eigenvalue weighted by atomic mass is 16.5. The molecule has 2 N–H and O–H groups in total. The normalized spacial score (nSPS) is 15.5. The number of benzene rings is 1. The summed E-state index contributed by atoms with van der Waals surface area (Å²) in [4.78, 5) is 14.3. The summed E-state index contributed by atoms with van der Waals surface area (Å²) in [5, 5.41) is 6.26. The lowest BCUT2D eigenvalue weighted by Gasteiger charge is -2.27. The highest BCUT2D eigenvalue weighted by Gasteiger charge is 2.09. The van der Waals surface area contributed by atoms with E-state index in [1.807, 2.05) is 32.0 Å². The van der Waals surface area contributed by atoms with E-state index in [0.29, 0.717) is 6.54 Å². The Morgan fingerprint density at radius 3 is 2.64 bits per heavy atom. The molecule has 5 heteroatoms. The lowest BCUT2D eigenvalue weighted by Crippen LogP contribution is -2.44. The van der Waals surface area contributed by atoms with Gasteiger partial charge in [-0.2, -0.15) is 0 Å². The average Bonchev–Trinajstić information content (AvgIpc) is 2.52. The highest BCUT2D eigenvalue weighted by molar-refractivity contribution is 5.77. The van der Waals surface area contributed by atoms with E-state index in [1.54, 1.807) is 0 Å². The standard InChI is InChI=1S/C17H27N3O2/c1-14-5-3-6-15(2)17(14)22-13-16(21)19-7-4-10-20-11-8-18-9-12-20/h3,5-6,18H,4,7-13H2,1-2H3,(H,19,21). The molecule has 22 heavy (non-hydrogen) atoms. The number of piperazine rings is 1. The van der Waals surface area contributed by atoms with Gasteiger partial charge in [-0.1, -0.05) is 18.2 Å². The highest BCUT2D eigenvalue weighted by Crippen LogP contribution is 2.21. The van der Waals surface area contributed by atoms with Crippen LogP contribution in [0.25, 0.3) is 0 Å². The Morgan fingerprint density at radius 2 is 1.95 bits per heavy atom. The zero-order valence-electron chi connectivity index (χ0n) is 13.7. The third-order valence-corrected chi connectivity index (χ3v) is 3.94. The predicted octanol–water partition coefficient (Wildman–Crippen LogP) is 1.09. The zero-order valence-corrected chi connectivity index (χ0v) is 13.7. The van der Waals surface area contributed by atoms with Gasteiger partial charge < -0.3 is 20.3 Å². The van der Waals surface area contributed by atoms with Gasteiger partial charge in [0.05, 0.1) is 0 Å². The van der Waals surface area contributed by atoms with Crippen molar-refractivity contribution in [2.24, 2.45) is 0 Å². The summed E-state index contributed by atoms with van der Waals surface area (Å²) in [5.74, 6) is 0.765. The summed E-state index contributed by atoms with van der Waals surface area (Å²) in [6.07, 6.45) is 0.981. The van der Waals surface area contributed by atoms with E-state index in [0.717, 1.165) is 56.0 Å². The smallest absolute Gasteiger partial charge is 0.257 e. The molecule has 1 aliphatic rings. The Bertz CT molecular complexity index is 465. The molecule has 1 aromatic rings. The number of nitrogens with zero attached hydrogens (tertiary/aromatic N) is 1. The van der Waals surface area contributed by atoms with E-state index in [-0.39, 0.29) is 12.5 Å². The minimum atomic E-state index is -0.0528. The van der Waals surface area contributed by atoms with Crippen molar-refractivity contribution in [3.8, 4) is 5.75 Å². The third kappa shape index (κ3) is 5.31. The summed E-state index contributed by atoms with van der Waals surface area (Å²) in [5.41, 5.74) is 2.12. The fourth-order valence-electron chi connectivity index (χ4n) is 2.68. The molecule has 0 unspecified atom stereocenters. The Kier molecular flexibility index (Phi) is 6.68. The molecule has 0 aromatic heterocycles. The van der Waals surface area contributed by atoms with Gasteiger partial charge in [0.25, 0.3) is 5.91 Å². The zero-order chi connectivity index (χ0) is 15.8. The van der Waals surface area contributed by atoms with Crippen LogP contribution in [0.1, 0.15) is 17.5 Å². The molecular weight excluding hydrogens is 278 g/mol. The van der Waals surface area contributed by atoms with E-state index in [2.05, 4.69) is 15.5 Å². The van der Waals surface area contributed by atoms with Crippen LogP contribution in [0.15, 0.2) is 18.2 Å². The van der Waals surface area contributed by atoms with Gasteiger partial charge >= 0.3 is 0 Å². The summed E-state index contributed by atoms with van der Waals surface area (Å²) >= 11 is 0. The summed E-state index contributed by atoms with van der Waals surface area (Å²) in [6.45, 7) is 10.2. The Hall–Kier alpha value is -1.59. The molecule has 0 saturated carbocycles. The average molecular weight is 305 g/mol. The molecular formula is C17H27N3O2. The van der Waals surface area contributed by atoms with Crippen molar-refractivity contribution in [3.05, 3.63) is 29.3 Å². The number of aryl methyl sites for hydroxylation is 2. The van der Waals surface area contributed by atoms with Crippen LogP contribution < -0.4 is 15.4 Å². The number of hydrogen-bond acceptors (Lipinski definition) is 4. The van der Waals surface area contributed by atoms with Gasteiger partial charge in [0, 0.05) is 32.7 Å². The van der Waals surface area contributed by atoms with E-state index in [4.69, 9.17) is 4.74 Å². The molecule has 5 nitrogen and oxygen atoms in total. The third-order valence-electron chi connectivity index (χ3n) is 3.94. The number of ether oxygens (including phenoxy) is 1. The van der Waals surface area contributed by atoms with Gasteiger partial charge in [-0.05, 0) is 37.9 Å². The van der Waals surface area contributed by atoms with Gasteiger partial charge in [0.1, 0.15) is 5.75 Å². The minimum absolute atomic E-state index is 0.0528. The molecule has 0 spiro atoms. The maximum absolute atomic E-state index is 11.8. The lowest BCUT2D eigenvalue weighted by atomic mass is 10.1. The Balaban J connectivity index is 1.61. The summed E-state index contributed by atoms with van der Waals surface area (Å²) in [7, 11) is 0. The number of hydrogen-bond donors (Lipinski definition) is 2. The van der Waals surface area contributed by atoms with Gasteiger partial charge in [0.2, 0.25) is 0 Å². The SMILES string of the molecule is Cc1cccc(C)c1OCC(=O)NCCCN1CCNCC1. The molecule has 1 aromatic carbocycles. The van der Waals surface area contributed by atoms with Crippen LogP contribution in [0.2, 0.25) is 0 Å². The van der Waals surface area contributed by atoms with Crippen LogP contribution >= 0.6 is 0 Å². The van der Waals surface area contributed by atoms with Crippen molar-refractivity contribution in [1.29, 1.82) is 0 Å². The van der Waals surface area contributed by atoms with Crippen molar-refractivity contribution in [2.75, 3.05) is 45.9 Å². The van der Waals surface area contributed by atoms with Crippen LogP contribution in [0, 0.1) is 13.8 Å². The maximum atomic E-state index is 11.8. The largest absolute Gasteiger partial charge is 0.483 e. The summed E-state index contributed by atoms with van der Waals surface area (Å²) < 4.78 is 5.65. The summed E-state index contributed by atoms with van der Waals surface area (Å²) in [6, 6.07) is 5.98. The topological polar surface area (TPSA) is 53.6 Å². The monoisotopic (exact) mass is 305 g/mol. The second-order valence-electron chi connectivity index (χ2n) is 5.80. The second kappa shape index (κ2) is 8.76. The van der Waals surface area contributed by atoms with Crippen LogP contribution in [-0.4, -0.2) is 56.7 Å². The Morgan fingerprint density at radius 1 is 1.27 bits per heavy atom. The molecule has 122 valence electrons. The van der Waals surface area contributed by atoms with Gasteiger partial charge in [-0.15, -0.1) is 0 Å². The van der Waals surface area contributed by atoms with Crippen LogP contribution in [-0.2, 0) is 4.79 Å². The lowest BCUT2D eigenvalue weighted by molar-refractivity contribution is -0.123. The molecule has 1 amide bonds. The van der Waals surface area contributed by atoms with E-state index < -0.39 is 0 Å². The van der Waals surface area contributed by atoms with Gasteiger partial charge in [0.15, 0.2) is 6.61 Å². The molecule has 2 rings (SSSR count). The van der Waals surface area contributed by atoms with Crippen molar-refractivity contribution in [3.63, 3.8) is 0 Å². The molecule has 1 fully saturated rings. The molecule has 1 heterocycles.